The third kappa shape index (κ3) is 61.0. The van der Waals surface area contributed by atoms with Gasteiger partial charge in [0.2, 0.25) is 5.91 Å². The van der Waals surface area contributed by atoms with Crippen molar-refractivity contribution in [2.24, 2.45) is 0 Å². The van der Waals surface area contributed by atoms with Gasteiger partial charge >= 0.3 is 5.97 Å². The van der Waals surface area contributed by atoms with Crippen LogP contribution >= 0.6 is 0 Å². The van der Waals surface area contributed by atoms with Gasteiger partial charge < -0.3 is 20.3 Å². The SMILES string of the molecule is CCCCC/C=C\C/C=C\CCCCCCCC(=O)OCC/C=C\C/C=C\CCCCCCCCCCCCCCCCC(=O)NC(CO)C(O)CCCCCCCCCCCCCCCCCCCCCCCCC. The van der Waals surface area contributed by atoms with Crippen LogP contribution in [-0.4, -0.2) is 47.4 Å². The van der Waals surface area contributed by atoms with Gasteiger partial charge in [0.25, 0.3) is 0 Å². The summed E-state index contributed by atoms with van der Waals surface area (Å²) in [7, 11) is 0. The molecule has 0 aliphatic heterocycles. The number of allylic oxidation sites excluding steroid dienone is 7. The molecule has 0 heterocycles. The first-order valence-electron chi connectivity index (χ1n) is 33.9. The zero-order valence-corrected chi connectivity index (χ0v) is 51.0. The van der Waals surface area contributed by atoms with E-state index in [-0.39, 0.29) is 18.5 Å². The summed E-state index contributed by atoms with van der Waals surface area (Å²) in [5, 5.41) is 23.4. The highest BCUT2D eigenvalue weighted by Gasteiger charge is 2.20. The van der Waals surface area contributed by atoms with E-state index >= 15 is 0 Å². The van der Waals surface area contributed by atoms with Crippen molar-refractivity contribution >= 4 is 11.9 Å². The molecule has 0 radical (unpaired) electrons. The van der Waals surface area contributed by atoms with Crippen LogP contribution in [0.5, 0.6) is 0 Å². The predicted octanol–water partition coefficient (Wildman–Crippen LogP) is 21.7. The molecule has 0 fully saturated rings. The number of amides is 1. The summed E-state index contributed by atoms with van der Waals surface area (Å²) in [6.45, 7) is 4.83. The Hall–Kier alpha value is -2.18. The maximum Gasteiger partial charge on any atom is 0.305 e. The molecule has 0 aliphatic carbocycles. The normalized spacial score (nSPS) is 12.8. The van der Waals surface area contributed by atoms with Gasteiger partial charge in [0.1, 0.15) is 0 Å². The molecule has 0 aliphatic rings. The third-order valence-electron chi connectivity index (χ3n) is 15.6. The molecule has 0 bridgehead atoms. The number of ether oxygens (including phenoxy) is 1. The lowest BCUT2D eigenvalue weighted by molar-refractivity contribution is -0.143. The Morgan fingerprint density at radius 1 is 0.368 bits per heavy atom. The number of carbonyl (C=O) groups excluding carboxylic acids is 2. The number of rotatable bonds is 63. The fourth-order valence-corrected chi connectivity index (χ4v) is 10.5. The molecular weight excluding hydrogens is 935 g/mol. The van der Waals surface area contributed by atoms with E-state index in [4.69, 9.17) is 4.74 Å². The Kier molecular flexibility index (Phi) is 63.5. The summed E-state index contributed by atoms with van der Waals surface area (Å²) < 4.78 is 5.41. The minimum atomic E-state index is -0.670. The Morgan fingerprint density at radius 3 is 1.03 bits per heavy atom. The molecule has 6 nitrogen and oxygen atoms in total. The van der Waals surface area contributed by atoms with Crippen LogP contribution in [0.4, 0.5) is 0 Å². The molecule has 1 amide bonds. The average molecular weight is 1070 g/mol. The van der Waals surface area contributed by atoms with Crippen LogP contribution in [0.25, 0.3) is 0 Å². The smallest absolute Gasteiger partial charge is 0.305 e. The van der Waals surface area contributed by atoms with Crippen LogP contribution in [-0.2, 0) is 14.3 Å². The van der Waals surface area contributed by atoms with Crippen molar-refractivity contribution in [1.29, 1.82) is 0 Å². The van der Waals surface area contributed by atoms with Crippen molar-refractivity contribution in [1.82, 2.24) is 5.32 Å². The zero-order chi connectivity index (χ0) is 55.0. The van der Waals surface area contributed by atoms with Gasteiger partial charge in [0, 0.05) is 12.8 Å². The second kappa shape index (κ2) is 65.3. The quantitative estimate of drug-likeness (QED) is 0.0320. The number of aliphatic hydroxyl groups is 2. The number of aliphatic hydroxyl groups excluding tert-OH is 2. The van der Waals surface area contributed by atoms with Gasteiger partial charge in [-0.15, -0.1) is 0 Å². The molecule has 2 unspecified atom stereocenters. The van der Waals surface area contributed by atoms with E-state index in [1.54, 1.807) is 0 Å². The Labute approximate surface area is 474 Å². The Morgan fingerprint density at radius 2 is 0.658 bits per heavy atom. The average Bonchev–Trinajstić information content (AvgIpc) is 3.42. The van der Waals surface area contributed by atoms with Gasteiger partial charge in [0.15, 0.2) is 0 Å². The highest BCUT2D eigenvalue weighted by Crippen LogP contribution is 2.18. The van der Waals surface area contributed by atoms with Crippen molar-refractivity contribution in [3.63, 3.8) is 0 Å². The van der Waals surface area contributed by atoms with Crippen molar-refractivity contribution in [2.45, 2.75) is 373 Å². The molecule has 6 heteroatoms. The van der Waals surface area contributed by atoms with Gasteiger partial charge in [-0.05, 0) is 77.0 Å². The van der Waals surface area contributed by atoms with E-state index in [2.05, 4.69) is 67.8 Å². The lowest BCUT2D eigenvalue weighted by atomic mass is 10.0. The van der Waals surface area contributed by atoms with Crippen LogP contribution in [0, 0.1) is 0 Å². The first kappa shape index (κ1) is 73.8. The Bertz CT molecular complexity index is 1270. The second-order valence-corrected chi connectivity index (χ2v) is 23.1. The van der Waals surface area contributed by atoms with Crippen molar-refractivity contribution in [2.75, 3.05) is 13.2 Å². The molecule has 3 N–H and O–H groups in total. The first-order chi connectivity index (χ1) is 37.5. The fraction of sp³-hybridized carbons (Fsp3) is 0.857. The monoisotopic (exact) mass is 1070 g/mol. The number of hydrogen-bond acceptors (Lipinski definition) is 5. The molecule has 446 valence electrons. The van der Waals surface area contributed by atoms with Crippen LogP contribution in [0.1, 0.15) is 361 Å². The summed E-state index contributed by atoms with van der Waals surface area (Å²) in [4.78, 5) is 24.6. The maximum absolute atomic E-state index is 12.5. The highest BCUT2D eigenvalue weighted by atomic mass is 16.5. The Balaban J connectivity index is 3.46. The number of carbonyl (C=O) groups is 2. The van der Waals surface area contributed by atoms with Gasteiger partial charge in [-0.2, -0.15) is 0 Å². The van der Waals surface area contributed by atoms with Crippen LogP contribution < -0.4 is 5.32 Å². The molecule has 0 saturated carbocycles. The van der Waals surface area contributed by atoms with Gasteiger partial charge in [-0.3, -0.25) is 9.59 Å². The molecule has 0 aromatic carbocycles. The third-order valence-corrected chi connectivity index (χ3v) is 15.6. The zero-order valence-electron chi connectivity index (χ0n) is 51.0. The number of nitrogens with one attached hydrogen (secondary N) is 1. The van der Waals surface area contributed by atoms with E-state index in [9.17, 15) is 19.8 Å². The highest BCUT2D eigenvalue weighted by molar-refractivity contribution is 5.76. The summed E-state index contributed by atoms with van der Waals surface area (Å²) in [5.74, 6) is -0.0857. The molecule has 0 rings (SSSR count). The van der Waals surface area contributed by atoms with E-state index < -0.39 is 12.1 Å². The number of unbranched alkanes of at least 4 members (excludes halogenated alkanes) is 44. The van der Waals surface area contributed by atoms with Crippen LogP contribution in [0.2, 0.25) is 0 Å². The number of hydrogen-bond donors (Lipinski definition) is 3. The van der Waals surface area contributed by atoms with Crippen molar-refractivity contribution < 1.29 is 24.5 Å². The fourth-order valence-electron chi connectivity index (χ4n) is 10.5. The predicted molar refractivity (Wildman–Crippen MR) is 333 cm³/mol. The lowest BCUT2D eigenvalue weighted by Gasteiger charge is -2.22. The van der Waals surface area contributed by atoms with Crippen molar-refractivity contribution in [3.8, 4) is 0 Å². The number of esters is 1. The minimum Gasteiger partial charge on any atom is -0.465 e. The van der Waals surface area contributed by atoms with Crippen LogP contribution in [0.15, 0.2) is 48.6 Å². The van der Waals surface area contributed by atoms with Crippen LogP contribution in [0.3, 0.4) is 0 Å². The maximum atomic E-state index is 12.5. The lowest BCUT2D eigenvalue weighted by Crippen LogP contribution is -2.45. The molecule has 0 saturated heterocycles. The van der Waals surface area contributed by atoms with E-state index in [0.29, 0.717) is 25.9 Å². The topological polar surface area (TPSA) is 95.9 Å². The van der Waals surface area contributed by atoms with E-state index in [0.717, 1.165) is 64.2 Å². The summed E-state index contributed by atoms with van der Waals surface area (Å²) in [6, 6.07) is -0.548. The molecule has 76 heavy (non-hydrogen) atoms. The largest absolute Gasteiger partial charge is 0.465 e. The molecule has 0 aromatic rings. The van der Waals surface area contributed by atoms with E-state index in [1.807, 2.05) is 0 Å². The molecule has 0 spiro atoms. The van der Waals surface area contributed by atoms with Gasteiger partial charge in [-0.25, -0.2) is 0 Å². The summed E-state index contributed by atoms with van der Waals surface area (Å²) in [5.41, 5.74) is 0. The standard InChI is InChI=1S/C70H131NO5/c1-3-5-7-9-11-13-15-17-19-20-21-22-23-25-28-31-35-38-42-46-50-54-58-62-68(73)67(66-72)71-69(74)63-59-55-51-47-43-39-36-32-29-26-24-27-30-33-37-41-45-49-53-57-61-65-76-70(75)64-60-56-52-48-44-40-34-18-16-14-12-10-8-6-4-2/h12,14,18,34,41,45,53,57,67-68,72-73H,3-11,13,15-17,19-33,35-40,42-44,46-52,54-56,58-66H2,1-2H3,(H,71,74)/b14-12-,34-18-,45-41-,57-53-. The van der Waals surface area contributed by atoms with Gasteiger partial charge in [0.05, 0.1) is 25.4 Å². The van der Waals surface area contributed by atoms with E-state index in [1.165, 1.54) is 263 Å². The summed E-state index contributed by atoms with van der Waals surface area (Å²) >= 11 is 0. The second-order valence-electron chi connectivity index (χ2n) is 23.1. The minimum absolute atomic E-state index is 0.0368. The molecular formula is C70H131NO5. The molecule has 0 aromatic heterocycles. The van der Waals surface area contributed by atoms with Gasteiger partial charge in [-0.1, -0.05) is 319 Å². The first-order valence-corrected chi connectivity index (χ1v) is 33.9. The summed E-state index contributed by atoms with van der Waals surface area (Å²) in [6.07, 6.45) is 84.4. The molecule has 2 atom stereocenters. The van der Waals surface area contributed by atoms with Crippen molar-refractivity contribution in [3.05, 3.63) is 48.6 Å².